The number of aromatic hydroxyl groups is 1. The molecule has 2 N–H and O–H groups in total. The van der Waals surface area contributed by atoms with Crippen molar-refractivity contribution in [3.8, 4) is 5.75 Å². The Morgan fingerprint density at radius 1 is 1.41 bits per heavy atom. The smallest absolute Gasteiger partial charge is 0.255 e. The first kappa shape index (κ1) is 11.2. The van der Waals surface area contributed by atoms with Crippen LogP contribution >= 0.6 is 0 Å². The van der Waals surface area contributed by atoms with Crippen LogP contribution in [0.1, 0.15) is 16.1 Å². The van der Waals surface area contributed by atoms with Crippen molar-refractivity contribution in [1.82, 2.24) is 5.32 Å². The third kappa shape index (κ3) is 2.63. The maximum Gasteiger partial charge on any atom is 0.255 e. The third-order valence-corrected chi connectivity index (χ3v) is 2.21. The summed E-state index contributed by atoms with van der Waals surface area (Å²) >= 11 is 0. The largest absolute Gasteiger partial charge is 0.507 e. The highest BCUT2D eigenvalue weighted by molar-refractivity contribution is 5.96. The highest BCUT2D eigenvalue weighted by Gasteiger charge is 2.12. The van der Waals surface area contributed by atoms with Crippen LogP contribution in [0, 0.1) is 5.82 Å². The zero-order valence-corrected chi connectivity index (χ0v) is 8.81. The van der Waals surface area contributed by atoms with Gasteiger partial charge in [-0.15, -0.1) is 0 Å². The number of furan rings is 1. The van der Waals surface area contributed by atoms with Gasteiger partial charge in [0, 0.05) is 0 Å². The van der Waals surface area contributed by atoms with Crippen molar-refractivity contribution in [1.29, 1.82) is 0 Å². The second-order valence-electron chi connectivity index (χ2n) is 3.42. The molecule has 0 fully saturated rings. The number of carbonyl (C=O) groups excluding carboxylic acids is 1. The summed E-state index contributed by atoms with van der Waals surface area (Å²) in [5.74, 6) is -0.818. The van der Waals surface area contributed by atoms with Gasteiger partial charge in [-0.1, -0.05) is 0 Å². The molecule has 0 saturated heterocycles. The van der Waals surface area contributed by atoms with E-state index in [1.165, 1.54) is 6.26 Å². The molecule has 0 spiro atoms. The molecule has 0 aliphatic heterocycles. The average molecular weight is 235 g/mol. The van der Waals surface area contributed by atoms with E-state index < -0.39 is 11.7 Å². The maximum atomic E-state index is 12.9. The fourth-order valence-electron chi connectivity index (χ4n) is 1.37. The lowest BCUT2D eigenvalue weighted by Gasteiger charge is -2.05. The summed E-state index contributed by atoms with van der Waals surface area (Å²) in [4.78, 5) is 11.6. The van der Waals surface area contributed by atoms with Crippen LogP contribution < -0.4 is 5.32 Å². The Hall–Kier alpha value is -2.30. The summed E-state index contributed by atoms with van der Waals surface area (Å²) in [6.45, 7) is 0.182. The van der Waals surface area contributed by atoms with Crippen LogP contribution in [0.3, 0.4) is 0 Å². The number of phenols is 1. The van der Waals surface area contributed by atoms with Crippen molar-refractivity contribution in [2.45, 2.75) is 6.54 Å². The minimum atomic E-state index is -0.578. The normalized spacial score (nSPS) is 10.2. The molecule has 0 aliphatic carbocycles. The Morgan fingerprint density at radius 2 is 2.24 bits per heavy atom. The summed E-state index contributed by atoms with van der Waals surface area (Å²) in [5, 5.41) is 11.9. The van der Waals surface area contributed by atoms with Crippen LogP contribution in [0.5, 0.6) is 5.75 Å². The molecule has 5 heteroatoms. The second kappa shape index (κ2) is 4.69. The lowest BCUT2D eigenvalue weighted by molar-refractivity contribution is 0.0945. The van der Waals surface area contributed by atoms with Crippen molar-refractivity contribution < 1.29 is 18.7 Å². The molecular formula is C12H10FNO3. The van der Waals surface area contributed by atoms with Gasteiger partial charge >= 0.3 is 0 Å². The van der Waals surface area contributed by atoms with Gasteiger partial charge in [0.05, 0.1) is 18.4 Å². The van der Waals surface area contributed by atoms with Crippen molar-refractivity contribution in [3.63, 3.8) is 0 Å². The number of rotatable bonds is 3. The number of amides is 1. The molecule has 0 saturated carbocycles. The molecule has 1 amide bonds. The Bertz CT molecular complexity index is 523. The number of halogens is 1. The molecule has 1 aromatic carbocycles. The molecule has 4 nitrogen and oxygen atoms in total. The Balaban J connectivity index is 2.07. The Morgan fingerprint density at radius 3 is 2.94 bits per heavy atom. The number of carbonyl (C=O) groups is 1. The minimum absolute atomic E-state index is 0.100. The zero-order chi connectivity index (χ0) is 12.3. The van der Waals surface area contributed by atoms with Crippen molar-refractivity contribution in [3.05, 3.63) is 53.7 Å². The van der Waals surface area contributed by atoms with Gasteiger partial charge in [0.25, 0.3) is 5.91 Å². The van der Waals surface area contributed by atoms with E-state index >= 15 is 0 Å². The fourth-order valence-corrected chi connectivity index (χ4v) is 1.37. The molecule has 1 heterocycles. The van der Waals surface area contributed by atoms with Gasteiger partial charge in [0.15, 0.2) is 0 Å². The Kier molecular flexibility index (Phi) is 3.09. The molecule has 88 valence electrons. The van der Waals surface area contributed by atoms with Gasteiger partial charge in [-0.2, -0.15) is 0 Å². The van der Waals surface area contributed by atoms with Gasteiger partial charge in [0.1, 0.15) is 17.3 Å². The molecule has 0 aliphatic rings. The summed E-state index contributed by atoms with van der Waals surface area (Å²) in [6.07, 6.45) is 1.49. The molecule has 1 aromatic heterocycles. The molecule has 2 aromatic rings. The molecule has 17 heavy (non-hydrogen) atoms. The van der Waals surface area contributed by atoms with Crippen LogP contribution in [-0.4, -0.2) is 11.0 Å². The van der Waals surface area contributed by atoms with E-state index in [0.717, 1.165) is 18.2 Å². The van der Waals surface area contributed by atoms with Crippen molar-refractivity contribution >= 4 is 5.91 Å². The highest BCUT2D eigenvalue weighted by atomic mass is 19.1. The van der Waals surface area contributed by atoms with E-state index in [9.17, 15) is 14.3 Å². The number of benzene rings is 1. The molecule has 0 unspecified atom stereocenters. The van der Waals surface area contributed by atoms with E-state index in [0.29, 0.717) is 5.76 Å². The van der Waals surface area contributed by atoms with E-state index in [-0.39, 0.29) is 17.9 Å². The predicted molar refractivity (Wildman–Crippen MR) is 57.9 cm³/mol. The van der Waals surface area contributed by atoms with Crippen LogP contribution in [0.25, 0.3) is 0 Å². The van der Waals surface area contributed by atoms with Gasteiger partial charge < -0.3 is 14.8 Å². The van der Waals surface area contributed by atoms with Crippen molar-refractivity contribution in [2.24, 2.45) is 0 Å². The summed E-state index contributed by atoms with van der Waals surface area (Å²) in [5.41, 5.74) is -0.100. The van der Waals surface area contributed by atoms with Gasteiger partial charge in [0.2, 0.25) is 0 Å². The lowest BCUT2D eigenvalue weighted by Crippen LogP contribution is -2.22. The number of nitrogens with one attached hydrogen (secondary N) is 1. The topological polar surface area (TPSA) is 62.5 Å². The molecule has 0 atom stereocenters. The number of hydrogen-bond acceptors (Lipinski definition) is 3. The molecule has 2 rings (SSSR count). The van der Waals surface area contributed by atoms with Gasteiger partial charge in [-0.05, 0) is 30.3 Å². The number of hydrogen-bond donors (Lipinski definition) is 2. The molecule has 0 radical (unpaired) electrons. The summed E-state index contributed by atoms with van der Waals surface area (Å²) in [6, 6.07) is 6.59. The monoisotopic (exact) mass is 235 g/mol. The SMILES string of the molecule is O=C(NCc1ccco1)c1cc(F)ccc1O. The van der Waals surface area contributed by atoms with E-state index in [1.54, 1.807) is 12.1 Å². The van der Waals surface area contributed by atoms with Gasteiger partial charge in [-0.3, -0.25) is 4.79 Å². The maximum absolute atomic E-state index is 12.9. The van der Waals surface area contributed by atoms with Crippen LogP contribution in [0.4, 0.5) is 4.39 Å². The first-order chi connectivity index (χ1) is 8.16. The van der Waals surface area contributed by atoms with Crippen LogP contribution in [0.15, 0.2) is 41.0 Å². The minimum Gasteiger partial charge on any atom is -0.507 e. The van der Waals surface area contributed by atoms with Crippen LogP contribution in [0.2, 0.25) is 0 Å². The molecule has 0 bridgehead atoms. The van der Waals surface area contributed by atoms with E-state index in [4.69, 9.17) is 4.42 Å². The van der Waals surface area contributed by atoms with E-state index in [1.807, 2.05) is 0 Å². The van der Waals surface area contributed by atoms with Crippen LogP contribution in [-0.2, 0) is 6.54 Å². The quantitative estimate of drug-likeness (QED) is 0.855. The lowest BCUT2D eigenvalue weighted by atomic mass is 10.2. The summed E-state index contributed by atoms with van der Waals surface area (Å²) in [7, 11) is 0. The molecular weight excluding hydrogens is 225 g/mol. The third-order valence-electron chi connectivity index (χ3n) is 2.21. The first-order valence-electron chi connectivity index (χ1n) is 4.96. The average Bonchev–Trinajstić information content (AvgIpc) is 2.82. The summed E-state index contributed by atoms with van der Waals surface area (Å²) < 4.78 is 17.9. The highest BCUT2D eigenvalue weighted by Crippen LogP contribution is 2.17. The first-order valence-corrected chi connectivity index (χ1v) is 4.96. The fraction of sp³-hybridized carbons (Fsp3) is 0.0833. The number of phenolic OH excluding ortho intramolecular Hbond substituents is 1. The van der Waals surface area contributed by atoms with Crippen molar-refractivity contribution in [2.75, 3.05) is 0 Å². The zero-order valence-electron chi connectivity index (χ0n) is 8.81. The predicted octanol–water partition coefficient (Wildman–Crippen LogP) is 2.05. The van der Waals surface area contributed by atoms with E-state index in [2.05, 4.69) is 5.32 Å². The second-order valence-corrected chi connectivity index (χ2v) is 3.42. The van der Waals surface area contributed by atoms with Gasteiger partial charge in [-0.25, -0.2) is 4.39 Å². The standard InChI is InChI=1S/C12H10FNO3/c13-8-3-4-11(15)10(6-8)12(16)14-7-9-2-1-5-17-9/h1-6,15H,7H2,(H,14,16). The Labute approximate surface area is 96.7 Å².